The van der Waals surface area contributed by atoms with Gasteiger partial charge in [0, 0.05) is 37.4 Å². The smallest absolute Gasteiger partial charge is 0.352 e. The first-order valence-electron chi connectivity index (χ1n) is 10.2. The maximum absolute atomic E-state index is 12.7. The Morgan fingerprint density at radius 3 is 1.97 bits per heavy atom. The van der Waals surface area contributed by atoms with Crippen LogP contribution in [-0.4, -0.2) is 57.0 Å². The second kappa shape index (κ2) is 8.25. The molecule has 10 heteroatoms. The van der Waals surface area contributed by atoms with Gasteiger partial charge in [0.1, 0.15) is 0 Å². The predicted molar refractivity (Wildman–Crippen MR) is 113 cm³/mol. The van der Waals surface area contributed by atoms with Crippen molar-refractivity contribution in [2.75, 3.05) is 31.1 Å². The zero-order valence-corrected chi connectivity index (χ0v) is 18.0. The fourth-order valence-corrected chi connectivity index (χ4v) is 3.67. The maximum Gasteiger partial charge on any atom is 0.416 e. The number of nitrogens with zero attached hydrogens (tertiary/aromatic N) is 6. The topological polar surface area (TPSA) is 67.2 Å². The van der Waals surface area contributed by atoms with Gasteiger partial charge in [-0.15, -0.1) is 10.2 Å². The first kappa shape index (κ1) is 21.8. The van der Waals surface area contributed by atoms with Gasteiger partial charge in [-0.2, -0.15) is 18.3 Å². The molecule has 4 rings (SSSR count). The van der Waals surface area contributed by atoms with Crippen LogP contribution >= 0.6 is 0 Å². The molecule has 0 atom stereocenters. The molecule has 0 bridgehead atoms. The van der Waals surface area contributed by atoms with E-state index in [1.807, 2.05) is 37.8 Å². The molecule has 1 aromatic carbocycles. The molecule has 0 spiro atoms. The molecule has 3 heterocycles. The van der Waals surface area contributed by atoms with E-state index in [2.05, 4.69) is 15.3 Å². The van der Waals surface area contributed by atoms with Crippen LogP contribution < -0.4 is 4.90 Å². The van der Waals surface area contributed by atoms with Crippen molar-refractivity contribution in [1.29, 1.82) is 0 Å². The molecular formula is C22H23F3N6O. The van der Waals surface area contributed by atoms with Crippen LogP contribution in [0.4, 0.5) is 19.0 Å². The summed E-state index contributed by atoms with van der Waals surface area (Å²) in [6, 6.07) is 8.06. The van der Waals surface area contributed by atoms with Crippen LogP contribution in [0.15, 0.2) is 36.4 Å². The van der Waals surface area contributed by atoms with Crippen LogP contribution in [0.25, 0.3) is 5.82 Å². The second-order valence-corrected chi connectivity index (χ2v) is 7.81. The third-order valence-corrected chi connectivity index (χ3v) is 5.86. The van der Waals surface area contributed by atoms with Crippen molar-refractivity contribution in [3.63, 3.8) is 0 Å². The second-order valence-electron chi connectivity index (χ2n) is 7.81. The van der Waals surface area contributed by atoms with Crippen LogP contribution in [-0.2, 0) is 6.18 Å². The molecule has 1 amide bonds. The highest BCUT2D eigenvalue weighted by atomic mass is 19.4. The van der Waals surface area contributed by atoms with E-state index in [9.17, 15) is 18.0 Å². The molecule has 1 fully saturated rings. The van der Waals surface area contributed by atoms with Gasteiger partial charge in [0.2, 0.25) is 0 Å². The minimum absolute atomic E-state index is 0.246. The third-order valence-electron chi connectivity index (χ3n) is 5.86. The minimum atomic E-state index is -4.42. The number of piperazine rings is 1. The molecule has 168 valence electrons. The van der Waals surface area contributed by atoms with Crippen LogP contribution in [0.2, 0.25) is 0 Å². The van der Waals surface area contributed by atoms with Crippen molar-refractivity contribution >= 4 is 11.7 Å². The Hall–Kier alpha value is -3.43. The summed E-state index contributed by atoms with van der Waals surface area (Å²) in [7, 11) is 0. The van der Waals surface area contributed by atoms with E-state index in [0.717, 1.165) is 29.1 Å². The predicted octanol–water partition coefficient (Wildman–Crippen LogP) is 3.57. The van der Waals surface area contributed by atoms with Gasteiger partial charge in [0.25, 0.3) is 5.91 Å². The van der Waals surface area contributed by atoms with Crippen LogP contribution in [0, 0.1) is 20.8 Å². The lowest BCUT2D eigenvalue weighted by Crippen LogP contribution is -2.49. The van der Waals surface area contributed by atoms with Crippen molar-refractivity contribution in [1.82, 2.24) is 24.9 Å². The van der Waals surface area contributed by atoms with Gasteiger partial charge in [0.15, 0.2) is 11.6 Å². The summed E-state index contributed by atoms with van der Waals surface area (Å²) in [6.07, 6.45) is -4.42. The standard InChI is InChI=1S/C22H23F3N6O/c1-14-15(2)28-31(16(14)3)20-9-8-19(26-27-20)29-10-12-30(13-11-29)21(32)17-4-6-18(7-5-17)22(23,24)25/h4-9H,10-13H2,1-3H3. The lowest BCUT2D eigenvalue weighted by Gasteiger charge is -2.35. The largest absolute Gasteiger partial charge is 0.416 e. The SMILES string of the molecule is Cc1nn(-c2ccc(N3CCN(C(=O)c4ccc(C(F)(F)F)cc4)CC3)nn2)c(C)c1C. The summed E-state index contributed by atoms with van der Waals surface area (Å²) in [6.45, 7) is 7.95. The molecule has 0 saturated carbocycles. The molecule has 2 aromatic heterocycles. The normalized spacial score (nSPS) is 14.7. The Morgan fingerprint density at radius 1 is 0.875 bits per heavy atom. The summed E-state index contributed by atoms with van der Waals surface area (Å²) in [4.78, 5) is 16.3. The molecule has 0 aliphatic carbocycles. The first-order valence-corrected chi connectivity index (χ1v) is 10.2. The van der Waals surface area contributed by atoms with Gasteiger partial charge in [-0.3, -0.25) is 4.79 Å². The van der Waals surface area contributed by atoms with E-state index in [-0.39, 0.29) is 11.5 Å². The van der Waals surface area contributed by atoms with Crippen LogP contribution in [0.1, 0.15) is 32.9 Å². The van der Waals surface area contributed by atoms with E-state index in [1.165, 1.54) is 12.1 Å². The Kier molecular flexibility index (Phi) is 5.62. The molecule has 3 aromatic rings. The quantitative estimate of drug-likeness (QED) is 0.618. The number of benzene rings is 1. The molecule has 1 aliphatic rings. The number of aryl methyl sites for hydroxylation is 1. The fourth-order valence-electron chi connectivity index (χ4n) is 3.67. The van der Waals surface area contributed by atoms with Gasteiger partial charge in [0.05, 0.1) is 11.3 Å². The molecule has 1 saturated heterocycles. The summed E-state index contributed by atoms with van der Waals surface area (Å²) in [5.74, 6) is 1.06. The number of carbonyl (C=O) groups excluding carboxylic acids is 1. The van der Waals surface area contributed by atoms with E-state index in [0.29, 0.717) is 37.8 Å². The summed E-state index contributed by atoms with van der Waals surface area (Å²) in [5, 5.41) is 13.1. The number of hydrogen-bond acceptors (Lipinski definition) is 5. The van der Waals surface area contributed by atoms with Gasteiger partial charge in [-0.05, 0) is 62.7 Å². The Morgan fingerprint density at radius 2 is 1.47 bits per heavy atom. The zero-order chi connectivity index (χ0) is 23.0. The number of rotatable bonds is 3. The van der Waals surface area contributed by atoms with Gasteiger partial charge >= 0.3 is 6.18 Å². The lowest BCUT2D eigenvalue weighted by molar-refractivity contribution is -0.137. The summed E-state index contributed by atoms with van der Waals surface area (Å²) >= 11 is 0. The number of amides is 1. The molecule has 7 nitrogen and oxygen atoms in total. The number of halogens is 3. The monoisotopic (exact) mass is 444 g/mol. The minimum Gasteiger partial charge on any atom is -0.352 e. The van der Waals surface area contributed by atoms with Crippen LogP contribution in [0.5, 0.6) is 0 Å². The molecule has 0 N–H and O–H groups in total. The Bertz CT molecular complexity index is 1110. The number of aromatic nitrogens is 4. The van der Waals surface area contributed by atoms with Gasteiger partial charge < -0.3 is 9.80 Å². The van der Waals surface area contributed by atoms with Gasteiger partial charge in [-0.25, -0.2) is 4.68 Å². The van der Waals surface area contributed by atoms with E-state index >= 15 is 0 Å². The Labute approximate surface area is 183 Å². The van der Waals surface area contributed by atoms with Crippen molar-refractivity contribution in [2.45, 2.75) is 26.9 Å². The highest BCUT2D eigenvalue weighted by molar-refractivity contribution is 5.94. The van der Waals surface area contributed by atoms with Crippen molar-refractivity contribution < 1.29 is 18.0 Å². The summed E-state index contributed by atoms with van der Waals surface area (Å²) in [5.41, 5.74) is 2.55. The molecule has 0 unspecified atom stereocenters. The zero-order valence-electron chi connectivity index (χ0n) is 18.0. The molecular weight excluding hydrogens is 421 g/mol. The molecule has 1 aliphatic heterocycles. The maximum atomic E-state index is 12.7. The van der Waals surface area contributed by atoms with Crippen molar-refractivity contribution in [3.8, 4) is 5.82 Å². The molecule has 0 radical (unpaired) electrons. The molecule has 32 heavy (non-hydrogen) atoms. The number of alkyl halides is 3. The lowest BCUT2D eigenvalue weighted by atomic mass is 10.1. The van der Waals surface area contributed by atoms with Crippen molar-refractivity contribution in [2.24, 2.45) is 0 Å². The Balaban J connectivity index is 1.39. The number of carbonyl (C=O) groups is 1. The van der Waals surface area contributed by atoms with Crippen LogP contribution in [0.3, 0.4) is 0 Å². The van der Waals surface area contributed by atoms with E-state index < -0.39 is 11.7 Å². The van der Waals surface area contributed by atoms with E-state index in [4.69, 9.17) is 0 Å². The average Bonchev–Trinajstić information content (AvgIpc) is 3.05. The highest BCUT2D eigenvalue weighted by Crippen LogP contribution is 2.29. The fraction of sp³-hybridized carbons (Fsp3) is 0.364. The summed E-state index contributed by atoms with van der Waals surface area (Å²) < 4.78 is 39.9. The van der Waals surface area contributed by atoms with Crippen molar-refractivity contribution in [3.05, 3.63) is 64.5 Å². The van der Waals surface area contributed by atoms with Gasteiger partial charge in [-0.1, -0.05) is 0 Å². The number of hydrogen-bond donors (Lipinski definition) is 0. The number of anilines is 1. The highest BCUT2D eigenvalue weighted by Gasteiger charge is 2.31. The third kappa shape index (κ3) is 4.17. The average molecular weight is 444 g/mol. The van der Waals surface area contributed by atoms with E-state index in [1.54, 1.807) is 9.58 Å². The first-order chi connectivity index (χ1) is 15.1.